The van der Waals surface area contributed by atoms with Gasteiger partial charge in [0.1, 0.15) is 12.4 Å². The molecular weight excluding hydrogens is 344 g/mol. The van der Waals surface area contributed by atoms with E-state index >= 15 is 0 Å². The van der Waals surface area contributed by atoms with Gasteiger partial charge in [-0.15, -0.1) is 0 Å². The topological polar surface area (TPSA) is 72.6 Å². The molecule has 2 rings (SSSR count). The van der Waals surface area contributed by atoms with Crippen LogP contribution in [0, 0.1) is 0 Å². The molecule has 1 aliphatic heterocycles. The summed E-state index contributed by atoms with van der Waals surface area (Å²) in [6, 6.07) is 3.81. The summed E-state index contributed by atoms with van der Waals surface area (Å²) in [4.78, 5) is 0. The highest BCUT2D eigenvalue weighted by atomic mass is 79.9. The second-order valence-corrected chi connectivity index (χ2v) is 7.76. The minimum atomic E-state index is -3.23. The number of fused-ring (bicyclic) bond motifs is 1. The molecule has 0 saturated carbocycles. The Morgan fingerprint density at radius 1 is 1.45 bits per heavy atom. The molecule has 0 aliphatic carbocycles. The van der Waals surface area contributed by atoms with Crippen LogP contribution in [-0.4, -0.2) is 31.6 Å². The van der Waals surface area contributed by atoms with E-state index in [1.165, 1.54) is 4.31 Å². The summed E-state index contributed by atoms with van der Waals surface area (Å²) >= 11 is 3.43. The zero-order valence-corrected chi connectivity index (χ0v) is 13.8. The highest BCUT2D eigenvalue weighted by molar-refractivity contribution is 9.10. The van der Waals surface area contributed by atoms with E-state index in [0.717, 1.165) is 21.3 Å². The fourth-order valence-electron chi connectivity index (χ4n) is 2.31. The fourth-order valence-corrected chi connectivity index (χ4v) is 4.32. The van der Waals surface area contributed by atoms with Crippen LogP contribution in [0.4, 0.5) is 0 Å². The second kappa shape index (κ2) is 6.43. The van der Waals surface area contributed by atoms with Gasteiger partial charge in [-0.1, -0.05) is 22.9 Å². The van der Waals surface area contributed by atoms with E-state index in [9.17, 15) is 8.42 Å². The zero-order chi connectivity index (χ0) is 14.8. The van der Waals surface area contributed by atoms with Crippen molar-refractivity contribution in [2.24, 2.45) is 5.73 Å². The average molecular weight is 363 g/mol. The molecule has 0 amide bonds. The molecule has 5 nitrogen and oxygen atoms in total. The van der Waals surface area contributed by atoms with Crippen molar-refractivity contribution in [2.45, 2.75) is 26.4 Å². The van der Waals surface area contributed by atoms with Crippen LogP contribution in [0.5, 0.6) is 5.75 Å². The Morgan fingerprint density at radius 3 is 2.85 bits per heavy atom. The highest BCUT2D eigenvalue weighted by Crippen LogP contribution is 2.31. The number of hydrogen-bond donors (Lipinski definition) is 1. The molecule has 112 valence electrons. The summed E-state index contributed by atoms with van der Waals surface area (Å²) in [5.74, 6) is 0.894. The lowest BCUT2D eigenvalue weighted by molar-refractivity contribution is 0.291. The van der Waals surface area contributed by atoms with Crippen LogP contribution in [0.3, 0.4) is 0 Å². The van der Waals surface area contributed by atoms with Crippen LogP contribution in [0.15, 0.2) is 16.6 Å². The maximum atomic E-state index is 12.2. The second-order valence-electron chi connectivity index (χ2n) is 4.76. The van der Waals surface area contributed by atoms with Gasteiger partial charge in [0.25, 0.3) is 0 Å². The molecular formula is C13H19BrN2O3S. The van der Waals surface area contributed by atoms with Gasteiger partial charge in [0.15, 0.2) is 0 Å². The van der Waals surface area contributed by atoms with Crippen molar-refractivity contribution in [2.75, 3.05) is 18.9 Å². The zero-order valence-electron chi connectivity index (χ0n) is 11.4. The van der Waals surface area contributed by atoms with Gasteiger partial charge in [-0.05, 0) is 18.6 Å². The molecule has 1 aliphatic rings. The highest BCUT2D eigenvalue weighted by Gasteiger charge is 2.26. The van der Waals surface area contributed by atoms with Crippen LogP contribution in [0.1, 0.15) is 24.5 Å². The van der Waals surface area contributed by atoms with Crippen LogP contribution < -0.4 is 10.5 Å². The van der Waals surface area contributed by atoms with Crippen molar-refractivity contribution in [3.8, 4) is 5.75 Å². The third-order valence-electron chi connectivity index (χ3n) is 3.22. The molecule has 0 atom stereocenters. The van der Waals surface area contributed by atoms with Gasteiger partial charge >= 0.3 is 0 Å². The molecule has 7 heteroatoms. The Hall–Kier alpha value is -0.630. The first-order valence-corrected chi connectivity index (χ1v) is 9.00. The summed E-state index contributed by atoms with van der Waals surface area (Å²) < 4.78 is 32.5. The third-order valence-corrected chi connectivity index (χ3v) is 5.70. The van der Waals surface area contributed by atoms with Gasteiger partial charge in [0, 0.05) is 35.2 Å². The molecule has 0 saturated heterocycles. The summed E-state index contributed by atoms with van der Waals surface area (Å²) in [6.07, 6.45) is 0.610. The van der Waals surface area contributed by atoms with Crippen LogP contribution >= 0.6 is 15.9 Å². The largest absolute Gasteiger partial charge is 0.492 e. The summed E-state index contributed by atoms with van der Waals surface area (Å²) in [5.41, 5.74) is 7.48. The number of rotatable bonds is 4. The molecule has 0 radical (unpaired) electrons. The number of benzene rings is 1. The fraction of sp³-hybridized carbons (Fsp3) is 0.538. The number of nitrogens with two attached hydrogens (primary N) is 1. The Labute approximate surface area is 128 Å². The first-order chi connectivity index (χ1) is 9.47. The van der Waals surface area contributed by atoms with Crippen molar-refractivity contribution >= 4 is 26.0 Å². The van der Waals surface area contributed by atoms with Crippen molar-refractivity contribution < 1.29 is 13.2 Å². The summed E-state index contributed by atoms with van der Waals surface area (Å²) in [5, 5.41) is 0. The van der Waals surface area contributed by atoms with E-state index in [1.54, 1.807) is 0 Å². The summed E-state index contributed by atoms with van der Waals surface area (Å²) in [6.45, 7) is 3.29. The van der Waals surface area contributed by atoms with Gasteiger partial charge in [0.2, 0.25) is 10.0 Å². The monoisotopic (exact) mass is 362 g/mol. The van der Waals surface area contributed by atoms with E-state index in [0.29, 0.717) is 32.7 Å². The van der Waals surface area contributed by atoms with E-state index in [1.807, 2.05) is 19.1 Å². The van der Waals surface area contributed by atoms with Gasteiger partial charge in [0.05, 0.1) is 5.75 Å². The lowest BCUT2D eigenvalue weighted by Crippen LogP contribution is -2.34. The lowest BCUT2D eigenvalue weighted by Gasteiger charge is -2.19. The van der Waals surface area contributed by atoms with Crippen molar-refractivity contribution in [1.82, 2.24) is 4.31 Å². The number of ether oxygens (including phenoxy) is 1. The molecule has 20 heavy (non-hydrogen) atoms. The predicted molar refractivity (Wildman–Crippen MR) is 82.0 cm³/mol. The smallest absolute Gasteiger partial charge is 0.214 e. The van der Waals surface area contributed by atoms with E-state index in [-0.39, 0.29) is 5.75 Å². The van der Waals surface area contributed by atoms with E-state index in [2.05, 4.69) is 15.9 Å². The Bertz CT molecular complexity index is 590. The van der Waals surface area contributed by atoms with E-state index < -0.39 is 10.0 Å². The number of nitrogens with zero attached hydrogens (tertiary/aromatic N) is 1. The first-order valence-electron chi connectivity index (χ1n) is 6.60. The standard InChI is InChI=1S/C13H19BrN2O3S/c1-2-5-20(17,18)16-3-4-19-13-10(8-15)6-12(14)7-11(13)9-16/h6-7H,2-5,8-9,15H2,1H3. The molecule has 0 bridgehead atoms. The first kappa shape index (κ1) is 15.8. The minimum absolute atomic E-state index is 0.167. The molecule has 2 N–H and O–H groups in total. The van der Waals surface area contributed by atoms with Crippen molar-refractivity contribution in [3.63, 3.8) is 0 Å². The molecule has 1 heterocycles. The number of sulfonamides is 1. The van der Waals surface area contributed by atoms with Crippen LogP contribution in [0.25, 0.3) is 0 Å². The minimum Gasteiger partial charge on any atom is -0.492 e. The van der Waals surface area contributed by atoms with Crippen LogP contribution in [-0.2, 0) is 23.1 Å². The predicted octanol–water partition coefficient (Wildman–Crippen LogP) is 1.84. The van der Waals surface area contributed by atoms with Gasteiger partial charge in [-0.25, -0.2) is 8.42 Å². The van der Waals surface area contributed by atoms with Crippen molar-refractivity contribution in [3.05, 3.63) is 27.7 Å². The van der Waals surface area contributed by atoms with E-state index in [4.69, 9.17) is 10.5 Å². The van der Waals surface area contributed by atoms with Gasteiger partial charge in [-0.3, -0.25) is 0 Å². The molecule has 0 fully saturated rings. The lowest BCUT2D eigenvalue weighted by atomic mass is 10.1. The number of hydrogen-bond acceptors (Lipinski definition) is 4. The maximum absolute atomic E-state index is 12.2. The third kappa shape index (κ3) is 3.33. The molecule has 1 aromatic rings. The molecule has 0 spiro atoms. The molecule has 0 unspecified atom stereocenters. The summed E-state index contributed by atoms with van der Waals surface area (Å²) in [7, 11) is -3.23. The quantitative estimate of drug-likeness (QED) is 0.886. The normalized spacial score (nSPS) is 16.4. The molecule has 0 aromatic heterocycles. The Balaban J connectivity index is 2.37. The van der Waals surface area contributed by atoms with Gasteiger partial charge in [-0.2, -0.15) is 4.31 Å². The maximum Gasteiger partial charge on any atom is 0.214 e. The van der Waals surface area contributed by atoms with Gasteiger partial charge < -0.3 is 10.5 Å². The Kier molecular flexibility index (Phi) is 5.06. The SMILES string of the molecule is CCCS(=O)(=O)N1CCOc2c(CN)cc(Br)cc2C1. The average Bonchev–Trinajstić information content (AvgIpc) is 2.60. The van der Waals surface area contributed by atoms with Crippen LogP contribution in [0.2, 0.25) is 0 Å². The Morgan fingerprint density at radius 2 is 2.20 bits per heavy atom. The van der Waals surface area contributed by atoms with Crippen molar-refractivity contribution in [1.29, 1.82) is 0 Å². The molecule has 1 aromatic carbocycles. The number of halogens is 1.